The number of pyridine rings is 5. The monoisotopic (exact) mass is 2090 g/mol. The van der Waals surface area contributed by atoms with Gasteiger partial charge in [0, 0.05) is 146 Å². The predicted octanol–water partition coefficient (Wildman–Crippen LogP) is 26.3. The van der Waals surface area contributed by atoms with Crippen LogP contribution in [0, 0.1) is 18.5 Å². The minimum absolute atomic E-state index is 0.269. The Labute approximate surface area is 765 Å². The van der Waals surface area contributed by atoms with Gasteiger partial charge in [0.1, 0.15) is 62.3 Å². The van der Waals surface area contributed by atoms with Crippen molar-refractivity contribution in [3.05, 3.63) is 169 Å². The molecule has 0 saturated carbocycles. The van der Waals surface area contributed by atoms with Gasteiger partial charge in [-0.2, -0.15) is 5.26 Å². The quantitative estimate of drug-likeness (QED) is 0.0790. The molecule has 0 aliphatic rings. The summed E-state index contributed by atoms with van der Waals surface area (Å²) in [6, 6.07) is 29.8. The Hall–Kier alpha value is -9.44. The number of hydrogen-bond donors (Lipinski definition) is 5. The molecule has 15 aromatic rings. The number of H-pyrrole nitrogens is 5. The Morgan fingerprint density at radius 3 is 0.992 bits per heavy atom. The zero-order valence-electron chi connectivity index (χ0n) is 69.5. The maximum atomic E-state index is 12.5. The number of aromatic nitrogens is 10. The van der Waals surface area contributed by atoms with Crippen molar-refractivity contribution in [2.75, 3.05) is 59.7 Å². The Balaban J connectivity index is 0.000000148. The number of anilines is 5. The van der Waals surface area contributed by atoms with Crippen molar-refractivity contribution in [1.29, 1.82) is 5.26 Å². The zero-order valence-corrected chi connectivity index (χ0v) is 80.7. The standard InChI is InChI=1S/C18H17ClN4O2.C17H16BrClIN3O2.C17H17BrClN3O2.C17H17ClIN3O2.C17H18ClN3O2/c1-18(2,3)25-17(24)23(4)13-8-12(19)11(9-20)14-10-6-5-7-21-16(10)22-15(13)14;1-17(2,3)25-16(24)23(4)11-6-10(19)13(18)12-9-5-8(20)7-21-15(9)22-14(11)12;1-17(2,3)24-16(23)22(4)11-8-10(19)13(18)12-9-6-5-7-20-15(9)21-14(11)12;1-17(2,3)24-16(23)22(4)13-6-9(18)5-11-12-7-10(19)8-20-15(12)21-14(11)13;1-17(2,3)23-16(22)21(4)13-9-10(18)8-12-11-6-5-7-19-15(11)20-14(12)13/h5-8H,1-4H3,(H,21,22);5-7H,1-4H3,(H,21,22);2*5-8H,1-4H3,(H,20,21);5-9H,1-4H3,(H,19,20). The highest BCUT2D eigenvalue weighted by atomic mass is 127. The van der Waals surface area contributed by atoms with Crippen molar-refractivity contribution >= 4 is 304 Å². The van der Waals surface area contributed by atoms with Gasteiger partial charge in [-0.15, -0.1) is 0 Å². The van der Waals surface area contributed by atoms with Crippen LogP contribution in [0.3, 0.4) is 0 Å². The van der Waals surface area contributed by atoms with E-state index in [0.29, 0.717) is 70.6 Å². The van der Waals surface area contributed by atoms with Gasteiger partial charge >= 0.3 is 30.5 Å². The number of nitrogens with one attached hydrogen (secondary N) is 5. The van der Waals surface area contributed by atoms with Crippen LogP contribution in [-0.4, -0.2) is 144 Å². The number of halogens is 9. The molecule has 0 saturated heterocycles. The van der Waals surface area contributed by atoms with Crippen LogP contribution in [0.25, 0.3) is 110 Å². The summed E-state index contributed by atoms with van der Waals surface area (Å²) in [5.41, 5.74) is 7.87. The first kappa shape index (κ1) is 92.3. The van der Waals surface area contributed by atoms with Gasteiger partial charge in [-0.25, -0.2) is 48.9 Å². The highest BCUT2D eigenvalue weighted by Gasteiger charge is 2.31. The van der Waals surface area contributed by atoms with E-state index in [1.165, 1.54) is 24.5 Å². The lowest BCUT2D eigenvalue weighted by molar-refractivity contribution is 0.0579. The highest BCUT2D eigenvalue weighted by Crippen LogP contribution is 2.46. The first-order valence-corrected chi connectivity index (χ1v) is 42.9. The molecular formula is C86H85Br2Cl5I2N16O10. The molecule has 632 valence electrons. The molecule has 0 aliphatic heterocycles. The zero-order chi connectivity index (χ0) is 88.9. The minimum Gasteiger partial charge on any atom is -0.443 e. The van der Waals surface area contributed by atoms with E-state index < -0.39 is 58.5 Å². The van der Waals surface area contributed by atoms with Crippen LogP contribution in [0.2, 0.25) is 25.1 Å². The SMILES string of the molecule is CN(C(=O)OC(C)(C)C)c1cc(Cl)c(Br)c2c1[nH]c1ncc(I)cc12.CN(C(=O)OC(C)(C)C)c1cc(Cl)c(Br)c2c1[nH]c1ncccc12.CN(C(=O)OC(C)(C)C)c1cc(Cl)c(C#N)c2c1[nH]c1ncccc12.CN(C(=O)OC(C)(C)C)c1cc(Cl)cc2c1[nH]c1ncc(I)cc12.CN(C(=O)OC(C)(C)C)c1cc(Cl)cc2c1[nH]c1ncccc12. The van der Waals surface area contributed by atoms with Gasteiger partial charge < -0.3 is 48.6 Å². The molecule has 35 heteroatoms. The topological polar surface area (TPSA) is 315 Å². The third-order valence-corrected chi connectivity index (χ3v) is 22.4. The lowest BCUT2D eigenvalue weighted by atomic mass is 10.1. The second-order valence-electron chi connectivity index (χ2n) is 32.8. The molecule has 5 aromatic carbocycles. The van der Waals surface area contributed by atoms with Gasteiger partial charge in [-0.05, 0) is 272 Å². The lowest BCUT2D eigenvalue weighted by Crippen LogP contribution is -2.34. The van der Waals surface area contributed by atoms with Crippen LogP contribution in [0.1, 0.15) is 109 Å². The van der Waals surface area contributed by atoms with Crippen LogP contribution in [0.5, 0.6) is 0 Å². The number of nitrogens with zero attached hydrogens (tertiary/aromatic N) is 11. The second-order valence-corrected chi connectivity index (χ2v) is 39.0. The average molecular weight is 2090 g/mol. The first-order chi connectivity index (χ1) is 56.4. The summed E-state index contributed by atoms with van der Waals surface area (Å²) in [6.07, 6.45) is 6.37. The Bertz CT molecular complexity index is 6650. The number of hydrogen-bond acceptors (Lipinski definition) is 16. The molecule has 0 aliphatic carbocycles. The number of amides is 5. The molecule has 26 nitrogen and oxygen atoms in total. The predicted molar refractivity (Wildman–Crippen MR) is 512 cm³/mol. The average Bonchev–Trinajstić information content (AvgIpc) is 1.61. The fraction of sp³-hybridized carbons (Fsp3) is 0.291. The number of fused-ring (bicyclic) bond motifs is 15. The molecule has 0 radical (unpaired) electrons. The summed E-state index contributed by atoms with van der Waals surface area (Å²) in [5, 5.41) is 20.7. The van der Waals surface area contributed by atoms with E-state index >= 15 is 0 Å². The van der Waals surface area contributed by atoms with Crippen molar-refractivity contribution in [2.45, 2.75) is 132 Å². The molecule has 0 unspecified atom stereocenters. The fourth-order valence-electron chi connectivity index (χ4n) is 12.7. The molecule has 121 heavy (non-hydrogen) atoms. The third-order valence-electron chi connectivity index (χ3n) is 17.8. The molecule has 15 rings (SSSR count). The maximum Gasteiger partial charge on any atom is 0.414 e. The maximum absolute atomic E-state index is 12.5. The van der Waals surface area contributed by atoms with E-state index in [1.807, 2.05) is 138 Å². The van der Waals surface area contributed by atoms with E-state index in [9.17, 15) is 29.2 Å². The van der Waals surface area contributed by atoms with Gasteiger partial charge in [0.05, 0.1) is 76.7 Å². The number of benzene rings is 5. The summed E-state index contributed by atoms with van der Waals surface area (Å²) >= 11 is 43.2. The molecule has 0 bridgehead atoms. The second kappa shape index (κ2) is 36.2. The highest BCUT2D eigenvalue weighted by molar-refractivity contribution is 14.1. The van der Waals surface area contributed by atoms with Crippen molar-refractivity contribution in [3.63, 3.8) is 0 Å². The van der Waals surface area contributed by atoms with Gasteiger partial charge in [-0.1, -0.05) is 58.0 Å². The third kappa shape index (κ3) is 21.1. The minimum atomic E-state index is -0.622. The summed E-state index contributed by atoms with van der Waals surface area (Å²) in [7, 11) is 8.26. The van der Waals surface area contributed by atoms with Crippen LogP contribution in [0.4, 0.5) is 52.4 Å². The normalized spacial score (nSPS) is 11.8. The fourth-order valence-corrected chi connectivity index (χ4v) is 15.7. The van der Waals surface area contributed by atoms with Crippen LogP contribution >= 0.6 is 135 Å². The van der Waals surface area contributed by atoms with Crippen molar-refractivity contribution in [1.82, 2.24) is 49.8 Å². The van der Waals surface area contributed by atoms with Crippen LogP contribution in [-0.2, 0) is 23.7 Å². The Morgan fingerprint density at radius 1 is 0.364 bits per heavy atom. The van der Waals surface area contributed by atoms with Gasteiger partial charge in [0.2, 0.25) is 0 Å². The van der Waals surface area contributed by atoms with Gasteiger partial charge in [0.15, 0.2) is 0 Å². The number of carbonyl (C=O) groups excluding carboxylic acids is 5. The van der Waals surface area contributed by atoms with Crippen molar-refractivity contribution in [3.8, 4) is 6.07 Å². The van der Waals surface area contributed by atoms with Gasteiger partial charge in [-0.3, -0.25) is 24.5 Å². The molecule has 0 atom stereocenters. The molecule has 10 aromatic heterocycles. The van der Waals surface area contributed by atoms with E-state index in [1.54, 1.807) is 123 Å². The van der Waals surface area contributed by atoms with Crippen molar-refractivity contribution in [2.24, 2.45) is 0 Å². The largest absolute Gasteiger partial charge is 0.443 e. The lowest BCUT2D eigenvalue weighted by Gasteiger charge is -2.25. The molecule has 0 spiro atoms. The van der Waals surface area contributed by atoms with E-state index in [0.717, 1.165) is 109 Å². The summed E-state index contributed by atoms with van der Waals surface area (Å²) < 4.78 is 30.8. The Morgan fingerprint density at radius 2 is 0.636 bits per heavy atom. The van der Waals surface area contributed by atoms with Crippen molar-refractivity contribution < 1.29 is 47.7 Å². The van der Waals surface area contributed by atoms with Gasteiger partial charge in [0.25, 0.3) is 0 Å². The van der Waals surface area contributed by atoms with E-state index in [2.05, 4.69) is 133 Å². The number of rotatable bonds is 5. The molecule has 0 fully saturated rings. The first-order valence-electron chi connectivity index (χ1n) is 37.3. The Kier molecular flexibility index (Phi) is 27.6. The molecule has 5 N–H and O–H groups in total. The molecule has 5 amide bonds. The summed E-state index contributed by atoms with van der Waals surface area (Å²) in [5.74, 6) is 0. The molecule has 10 heterocycles. The number of carbonyl (C=O) groups is 5. The number of aromatic amines is 5. The van der Waals surface area contributed by atoms with E-state index in [4.69, 9.17) is 81.7 Å². The molecular weight excluding hydrogens is 2010 g/mol. The smallest absolute Gasteiger partial charge is 0.414 e. The number of ether oxygens (including phenoxy) is 5. The summed E-state index contributed by atoms with van der Waals surface area (Å²) in [4.78, 5) is 107. The van der Waals surface area contributed by atoms with Crippen LogP contribution < -0.4 is 24.5 Å². The van der Waals surface area contributed by atoms with Crippen LogP contribution in [0.15, 0.2) is 131 Å². The summed E-state index contributed by atoms with van der Waals surface area (Å²) in [6.45, 7) is 27.4. The van der Waals surface area contributed by atoms with E-state index in [-0.39, 0.29) is 5.02 Å². The number of nitriles is 1.